The molecular weight excluding hydrogens is 354 g/mol. The quantitative estimate of drug-likeness (QED) is 0.770. The molecule has 0 radical (unpaired) electrons. The highest BCUT2D eigenvalue weighted by atomic mass is 79.9. The van der Waals surface area contributed by atoms with E-state index in [1.807, 2.05) is 48.5 Å². The van der Waals surface area contributed by atoms with Crippen LogP contribution in [0.25, 0.3) is 0 Å². The predicted molar refractivity (Wildman–Crippen MR) is 88.4 cm³/mol. The summed E-state index contributed by atoms with van der Waals surface area (Å²) in [7, 11) is 0. The van der Waals surface area contributed by atoms with Gasteiger partial charge in [-0.25, -0.2) is 0 Å². The Morgan fingerprint density at radius 1 is 1.14 bits per heavy atom. The van der Waals surface area contributed by atoms with Gasteiger partial charge in [-0.15, -0.1) is 11.6 Å². The van der Waals surface area contributed by atoms with Crippen LogP contribution in [-0.2, 0) is 22.7 Å². The maximum Gasteiger partial charge on any atom is 0.239 e. The summed E-state index contributed by atoms with van der Waals surface area (Å²) < 4.78 is 6.59. The second-order valence-electron chi connectivity index (χ2n) is 4.46. The third-order valence-electron chi connectivity index (χ3n) is 2.84. The molecule has 0 aromatic heterocycles. The van der Waals surface area contributed by atoms with E-state index >= 15 is 0 Å². The van der Waals surface area contributed by atoms with E-state index in [-0.39, 0.29) is 11.8 Å². The molecule has 1 amide bonds. The van der Waals surface area contributed by atoms with Crippen LogP contribution in [0.3, 0.4) is 0 Å². The van der Waals surface area contributed by atoms with Crippen molar-refractivity contribution >= 4 is 39.1 Å². The molecule has 0 fully saturated rings. The van der Waals surface area contributed by atoms with Crippen molar-refractivity contribution in [3.05, 3.63) is 64.1 Å². The molecule has 5 heteroatoms. The van der Waals surface area contributed by atoms with Crippen LogP contribution in [0, 0.1) is 0 Å². The van der Waals surface area contributed by atoms with Crippen molar-refractivity contribution in [2.75, 3.05) is 11.2 Å². The molecule has 0 unspecified atom stereocenters. The minimum Gasteiger partial charge on any atom is -0.372 e. The zero-order valence-corrected chi connectivity index (χ0v) is 13.7. The van der Waals surface area contributed by atoms with Crippen LogP contribution in [0.5, 0.6) is 0 Å². The minimum absolute atomic E-state index is 0.0726. The van der Waals surface area contributed by atoms with E-state index in [2.05, 4.69) is 21.2 Å². The third kappa shape index (κ3) is 5.16. The monoisotopic (exact) mass is 367 g/mol. The fourth-order valence-electron chi connectivity index (χ4n) is 1.83. The molecule has 0 aliphatic carbocycles. The Hall–Kier alpha value is -1.36. The number of carbonyl (C=O) groups excluding carboxylic acids is 1. The molecule has 0 heterocycles. The van der Waals surface area contributed by atoms with Gasteiger partial charge in [0.2, 0.25) is 5.91 Å². The van der Waals surface area contributed by atoms with Gasteiger partial charge in [-0.2, -0.15) is 0 Å². The van der Waals surface area contributed by atoms with E-state index < -0.39 is 0 Å². The number of nitrogens with one attached hydrogen (secondary N) is 1. The minimum atomic E-state index is -0.237. The maximum atomic E-state index is 11.4. The largest absolute Gasteiger partial charge is 0.372 e. The average molecular weight is 369 g/mol. The Morgan fingerprint density at radius 2 is 1.90 bits per heavy atom. The molecule has 2 rings (SSSR count). The van der Waals surface area contributed by atoms with Crippen LogP contribution >= 0.6 is 27.5 Å². The van der Waals surface area contributed by atoms with Crippen LogP contribution in [0.1, 0.15) is 11.1 Å². The Bertz CT molecular complexity index is 604. The lowest BCUT2D eigenvalue weighted by Gasteiger charge is -2.11. The Kier molecular flexibility index (Phi) is 6.23. The number of benzene rings is 2. The first kappa shape index (κ1) is 16.0. The number of ether oxygens (including phenoxy) is 1. The SMILES string of the molecule is O=C(CCl)Nc1cc(Br)ccc1COCc1ccccc1. The first-order chi connectivity index (χ1) is 10.2. The summed E-state index contributed by atoms with van der Waals surface area (Å²) in [5.74, 6) is -0.310. The second kappa shape index (κ2) is 8.17. The van der Waals surface area contributed by atoms with Gasteiger partial charge in [-0.3, -0.25) is 4.79 Å². The zero-order valence-electron chi connectivity index (χ0n) is 11.3. The molecule has 0 bridgehead atoms. The van der Waals surface area contributed by atoms with Crippen molar-refractivity contribution < 1.29 is 9.53 Å². The summed E-state index contributed by atoms with van der Waals surface area (Å²) in [5.41, 5.74) is 2.73. The fraction of sp³-hybridized carbons (Fsp3) is 0.188. The molecule has 1 N–H and O–H groups in total. The number of hydrogen-bond acceptors (Lipinski definition) is 2. The number of alkyl halides is 1. The highest BCUT2D eigenvalue weighted by molar-refractivity contribution is 9.10. The Morgan fingerprint density at radius 3 is 2.62 bits per heavy atom. The first-order valence-electron chi connectivity index (χ1n) is 6.45. The number of anilines is 1. The molecule has 21 heavy (non-hydrogen) atoms. The number of amides is 1. The summed E-state index contributed by atoms with van der Waals surface area (Å²) in [4.78, 5) is 11.4. The van der Waals surface area contributed by atoms with E-state index in [9.17, 15) is 4.79 Å². The van der Waals surface area contributed by atoms with Gasteiger partial charge in [0.15, 0.2) is 0 Å². The van der Waals surface area contributed by atoms with Gasteiger partial charge in [0.1, 0.15) is 5.88 Å². The smallest absolute Gasteiger partial charge is 0.239 e. The topological polar surface area (TPSA) is 38.3 Å². The molecular formula is C16H15BrClNO2. The Balaban J connectivity index is 2.00. The van der Waals surface area contributed by atoms with E-state index in [1.165, 1.54) is 0 Å². The second-order valence-corrected chi connectivity index (χ2v) is 5.64. The molecule has 3 nitrogen and oxygen atoms in total. The molecule has 0 saturated heterocycles. The molecule has 0 aliphatic rings. The van der Waals surface area contributed by atoms with Crippen LogP contribution in [0.4, 0.5) is 5.69 Å². The van der Waals surface area contributed by atoms with Crippen LogP contribution in [0.15, 0.2) is 53.0 Å². The Labute approximate surface area is 137 Å². The predicted octanol–water partition coefficient (Wildman–Crippen LogP) is 4.34. The van der Waals surface area contributed by atoms with Crippen LogP contribution < -0.4 is 5.32 Å². The lowest BCUT2D eigenvalue weighted by Crippen LogP contribution is -2.14. The van der Waals surface area contributed by atoms with Crippen molar-refractivity contribution in [2.45, 2.75) is 13.2 Å². The molecule has 0 spiro atoms. The number of carbonyl (C=O) groups is 1. The van der Waals surface area contributed by atoms with Crippen LogP contribution in [0.2, 0.25) is 0 Å². The molecule has 0 aliphatic heterocycles. The van der Waals surface area contributed by atoms with Gasteiger partial charge < -0.3 is 10.1 Å². The van der Waals surface area contributed by atoms with Gasteiger partial charge in [-0.1, -0.05) is 52.3 Å². The van der Waals surface area contributed by atoms with E-state index in [0.29, 0.717) is 18.9 Å². The van der Waals surface area contributed by atoms with Gasteiger partial charge in [0.25, 0.3) is 0 Å². The number of rotatable bonds is 6. The number of halogens is 2. The van der Waals surface area contributed by atoms with Gasteiger partial charge in [0, 0.05) is 15.7 Å². The van der Waals surface area contributed by atoms with Crippen molar-refractivity contribution in [3.63, 3.8) is 0 Å². The summed E-state index contributed by atoms with van der Waals surface area (Å²) in [6.07, 6.45) is 0. The summed E-state index contributed by atoms with van der Waals surface area (Å²) in [6, 6.07) is 15.6. The first-order valence-corrected chi connectivity index (χ1v) is 7.77. The maximum absolute atomic E-state index is 11.4. The molecule has 2 aromatic carbocycles. The number of hydrogen-bond donors (Lipinski definition) is 1. The van der Waals surface area contributed by atoms with E-state index in [0.717, 1.165) is 15.6 Å². The van der Waals surface area contributed by atoms with Crippen molar-refractivity contribution in [1.29, 1.82) is 0 Å². The van der Waals surface area contributed by atoms with Crippen LogP contribution in [-0.4, -0.2) is 11.8 Å². The third-order valence-corrected chi connectivity index (χ3v) is 3.57. The van der Waals surface area contributed by atoms with E-state index in [1.54, 1.807) is 0 Å². The molecule has 110 valence electrons. The van der Waals surface area contributed by atoms with Crippen molar-refractivity contribution in [2.24, 2.45) is 0 Å². The lowest BCUT2D eigenvalue weighted by atomic mass is 10.2. The van der Waals surface area contributed by atoms with Crippen molar-refractivity contribution in [3.8, 4) is 0 Å². The summed E-state index contributed by atoms with van der Waals surface area (Å²) in [5, 5.41) is 2.77. The molecule has 2 aromatic rings. The van der Waals surface area contributed by atoms with E-state index in [4.69, 9.17) is 16.3 Å². The highest BCUT2D eigenvalue weighted by Crippen LogP contribution is 2.22. The zero-order chi connectivity index (χ0) is 15.1. The normalized spacial score (nSPS) is 10.4. The summed E-state index contributed by atoms with van der Waals surface area (Å²) in [6.45, 7) is 0.944. The highest BCUT2D eigenvalue weighted by Gasteiger charge is 2.07. The average Bonchev–Trinajstić information content (AvgIpc) is 2.50. The summed E-state index contributed by atoms with van der Waals surface area (Å²) >= 11 is 8.91. The molecule has 0 saturated carbocycles. The lowest BCUT2D eigenvalue weighted by molar-refractivity contribution is -0.113. The van der Waals surface area contributed by atoms with Gasteiger partial charge >= 0.3 is 0 Å². The molecule has 0 atom stereocenters. The van der Waals surface area contributed by atoms with Crippen molar-refractivity contribution in [1.82, 2.24) is 0 Å². The van der Waals surface area contributed by atoms with Gasteiger partial charge in [0.05, 0.1) is 13.2 Å². The fourth-order valence-corrected chi connectivity index (χ4v) is 2.26. The van der Waals surface area contributed by atoms with Gasteiger partial charge in [-0.05, 0) is 17.7 Å². The standard InChI is InChI=1S/C16H15BrClNO2/c17-14-7-6-13(15(8-14)19-16(20)9-18)11-21-10-12-4-2-1-3-5-12/h1-8H,9-11H2,(H,19,20).